The predicted octanol–water partition coefficient (Wildman–Crippen LogP) is 2.55. The Morgan fingerprint density at radius 2 is 2.11 bits per heavy atom. The Labute approximate surface area is 114 Å². The summed E-state index contributed by atoms with van der Waals surface area (Å²) in [6, 6.07) is 5.25. The van der Waals surface area contributed by atoms with E-state index in [-0.39, 0.29) is 12.1 Å². The molecule has 0 saturated heterocycles. The quantitative estimate of drug-likeness (QED) is 0.778. The number of aryl methyl sites for hydroxylation is 1. The molecule has 0 fully saturated rings. The van der Waals surface area contributed by atoms with E-state index in [1.807, 2.05) is 32.9 Å². The lowest BCUT2D eigenvalue weighted by Gasteiger charge is -2.11. The Balaban J connectivity index is 2.38. The van der Waals surface area contributed by atoms with Gasteiger partial charge in [-0.15, -0.1) is 0 Å². The highest BCUT2D eigenvalue weighted by atomic mass is 16.5. The number of hydrogen-bond donors (Lipinski definition) is 2. The zero-order valence-corrected chi connectivity index (χ0v) is 11.9. The fraction of sp³-hybridized carbons (Fsp3) is 0.500. The van der Waals surface area contributed by atoms with Gasteiger partial charge in [0.25, 0.3) is 0 Å². The summed E-state index contributed by atoms with van der Waals surface area (Å²) in [5.74, 6) is 0.802. The van der Waals surface area contributed by atoms with Gasteiger partial charge < -0.3 is 20.1 Å². The first-order valence-electron chi connectivity index (χ1n) is 6.34. The van der Waals surface area contributed by atoms with Crippen LogP contribution >= 0.6 is 0 Å². The largest absolute Gasteiger partial charge is 0.496 e. The van der Waals surface area contributed by atoms with E-state index in [4.69, 9.17) is 9.47 Å². The first-order valence-corrected chi connectivity index (χ1v) is 6.34. The van der Waals surface area contributed by atoms with Crippen LogP contribution in [0.15, 0.2) is 18.2 Å². The number of amides is 2. The fourth-order valence-electron chi connectivity index (χ4n) is 1.59. The van der Waals surface area contributed by atoms with E-state index < -0.39 is 0 Å². The molecule has 2 N–H and O–H groups in total. The van der Waals surface area contributed by atoms with Gasteiger partial charge in [0.05, 0.1) is 19.8 Å². The maximum absolute atomic E-state index is 11.6. The van der Waals surface area contributed by atoms with Gasteiger partial charge in [-0.25, -0.2) is 4.79 Å². The average Bonchev–Trinajstić information content (AvgIpc) is 2.35. The van der Waals surface area contributed by atoms with Gasteiger partial charge in [-0.1, -0.05) is 0 Å². The van der Waals surface area contributed by atoms with Crippen molar-refractivity contribution in [3.05, 3.63) is 23.8 Å². The minimum Gasteiger partial charge on any atom is -0.496 e. The third kappa shape index (κ3) is 5.61. The molecule has 5 nitrogen and oxygen atoms in total. The molecule has 0 unspecified atom stereocenters. The number of anilines is 1. The Morgan fingerprint density at radius 1 is 1.37 bits per heavy atom. The molecule has 0 aromatic heterocycles. The van der Waals surface area contributed by atoms with Gasteiger partial charge in [-0.05, 0) is 44.5 Å². The Hall–Kier alpha value is -1.75. The third-order valence-electron chi connectivity index (χ3n) is 2.49. The van der Waals surface area contributed by atoms with E-state index in [0.717, 1.165) is 17.0 Å². The zero-order valence-electron chi connectivity index (χ0n) is 11.9. The zero-order chi connectivity index (χ0) is 14.3. The van der Waals surface area contributed by atoms with Gasteiger partial charge in [0.15, 0.2) is 0 Å². The summed E-state index contributed by atoms with van der Waals surface area (Å²) >= 11 is 0. The highest BCUT2D eigenvalue weighted by molar-refractivity contribution is 5.89. The SMILES string of the molecule is COc1ccc(NC(=O)NCCOC(C)C)cc1C. The molecule has 106 valence electrons. The highest BCUT2D eigenvalue weighted by Crippen LogP contribution is 2.21. The molecular weight excluding hydrogens is 244 g/mol. The minimum atomic E-state index is -0.239. The first kappa shape index (κ1) is 15.3. The minimum absolute atomic E-state index is 0.175. The second-order valence-electron chi connectivity index (χ2n) is 4.48. The Bertz CT molecular complexity index is 419. The van der Waals surface area contributed by atoms with Crippen LogP contribution in [0.5, 0.6) is 5.75 Å². The summed E-state index contributed by atoms with van der Waals surface area (Å²) < 4.78 is 10.5. The van der Waals surface area contributed by atoms with Crippen LogP contribution in [0.3, 0.4) is 0 Å². The van der Waals surface area contributed by atoms with Crippen molar-refractivity contribution in [1.29, 1.82) is 0 Å². The van der Waals surface area contributed by atoms with E-state index in [9.17, 15) is 4.79 Å². The summed E-state index contributed by atoms with van der Waals surface area (Å²) in [5.41, 5.74) is 1.71. The summed E-state index contributed by atoms with van der Waals surface area (Å²) in [6.07, 6.45) is 0.175. The first-order chi connectivity index (χ1) is 9.02. The number of carbonyl (C=O) groups excluding carboxylic acids is 1. The van der Waals surface area contributed by atoms with Gasteiger partial charge in [0.2, 0.25) is 0 Å². The number of benzene rings is 1. The number of methoxy groups -OCH3 is 1. The van der Waals surface area contributed by atoms with Gasteiger partial charge in [-0.3, -0.25) is 0 Å². The molecule has 19 heavy (non-hydrogen) atoms. The van der Waals surface area contributed by atoms with Crippen molar-refractivity contribution in [3.63, 3.8) is 0 Å². The lowest BCUT2D eigenvalue weighted by atomic mass is 10.2. The van der Waals surface area contributed by atoms with Crippen molar-refractivity contribution >= 4 is 11.7 Å². The van der Waals surface area contributed by atoms with Crippen LogP contribution in [0.2, 0.25) is 0 Å². The monoisotopic (exact) mass is 266 g/mol. The van der Waals surface area contributed by atoms with Gasteiger partial charge in [0, 0.05) is 12.2 Å². The van der Waals surface area contributed by atoms with E-state index in [0.29, 0.717) is 13.2 Å². The lowest BCUT2D eigenvalue weighted by Crippen LogP contribution is -2.32. The maximum atomic E-state index is 11.6. The van der Waals surface area contributed by atoms with Crippen LogP contribution in [0.4, 0.5) is 10.5 Å². The number of ether oxygens (including phenoxy) is 2. The molecule has 0 aliphatic rings. The summed E-state index contributed by atoms with van der Waals surface area (Å²) in [4.78, 5) is 11.6. The number of hydrogen-bond acceptors (Lipinski definition) is 3. The molecule has 0 aliphatic heterocycles. The number of nitrogens with one attached hydrogen (secondary N) is 2. The lowest BCUT2D eigenvalue weighted by molar-refractivity contribution is 0.0820. The summed E-state index contributed by atoms with van der Waals surface area (Å²) in [5, 5.41) is 5.49. The molecule has 0 saturated carbocycles. The topological polar surface area (TPSA) is 59.6 Å². The second kappa shape index (κ2) is 7.63. The van der Waals surface area contributed by atoms with Crippen molar-refractivity contribution in [3.8, 4) is 5.75 Å². The van der Waals surface area contributed by atoms with Crippen LogP contribution in [0.25, 0.3) is 0 Å². The van der Waals surface area contributed by atoms with Crippen LogP contribution < -0.4 is 15.4 Å². The van der Waals surface area contributed by atoms with Crippen LogP contribution in [0, 0.1) is 6.92 Å². The Kier molecular flexibility index (Phi) is 6.15. The van der Waals surface area contributed by atoms with Gasteiger partial charge in [-0.2, -0.15) is 0 Å². The molecule has 5 heteroatoms. The molecule has 0 atom stereocenters. The predicted molar refractivity (Wildman–Crippen MR) is 75.8 cm³/mol. The highest BCUT2D eigenvalue weighted by Gasteiger charge is 2.04. The van der Waals surface area contributed by atoms with Crippen LogP contribution in [-0.4, -0.2) is 32.4 Å². The molecule has 1 rings (SSSR count). The van der Waals surface area contributed by atoms with E-state index in [1.165, 1.54) is 0 Å². The Morgan fingerprint density at radius 3 is 2.68 bits per heavy atom. The normalized spacial score (nSPS) is 10.4. The maximum Gasteiger partial charge on any atom is 0.319 e. The molecular formula is C14H22N2O3. The third-order valence-corrected chi connectivity index (χ3v) is 2.49. The molecule has 2 amide bonds. The molecule has 0 heterocycles. The van der Waals surface area contributed by atoms with E-state index in [1.54, 1.807) is 13.2 Å². The second-order valence-corrected chi connectivity index (χ2v) is 4.48. The molecule has 1 aromatic rings. The standard InChI is InChI=1S/C14H22N2O3/c1-10(2)19-8-7-15-14(17)16-12-5-6-13(18-4)11(3)9-12/h5-6,9-10H,7-8H2,1-4H3,(H2,15,16,17). The molecule has 1 aromatic carbocycles. The molecule has 0 radical (unpaired) electrons. The summed E-state index contributed by atoms with van der Waals surface area (Å²) in [7, 11) is 1.62. The average molecular weight is 266 g/mol. The van der Waals surface area contributed by atoms with Crippen LogP contribution in [0.1, 0.15) is 19.4 Å². The van der Waals surface area contributed by atoms with Crippen LogP contribution in [-0.2, 0) is 4.74 Å². The van der Waals surface area contributed by atoms with Crippen molar-refractivity contribution < 1.29 is 14.3 Å². The smallest absolute Gasteiger partial charge is 0.319 e. The molecule has 0 aliphatic carbocycles. The van der Waals surface area contributed by atoms with Crippen molar-refractivity contribution in [2.24, 2.45) is 0 Å². The molecule has 0 spiro atoms. The van der Waals surface area contributed by atoms with Gasteiger partial charge >= 0.3 is 6.03 Å². The van der Waals surface area contributed by atoms with Crippen molar-refractivity contribution in [1.82, 2.24) is 5.32 Å². The van der Waals surface area contributed by atoms with Crippen molar-refractivity contribution in [2.75, 3.05) is 25.6 Å². The van der Waals surface area contributed by atoms with Gasteiger partial charge in [0.1, 0.15) is 5.75 Å². The van der Waals surface area contributed by atoms with E-state index >= 15 is 0 Å². The number of rotatable bonds is 6. The number of urea groups is 1. The number of carbonyl (C=O) groups is 1. The molecule has 0 bridgehead atoms. The van der Waals surface area contributed by atoms with E-state index in [2.05, 4.69) is 10.6 Å². The fourth-order valence-corrected chi connectivity index (χ4v) is 1.59. The summed E-state index contributed by atoms with van der Waals surface area (Å²) in [6.45, 7) is 6.84. The van der Waals surface area contributed by atoms with Crippen molar-refractivity contribution in [2.45, 2.75) is 26.9 Å².